The van der Waals surface area contributed by atoms with Gasteiger partial charge < -0.3 is 14.7 Å². The number of carbonyl (C=O) groups excluding carboxylic acids is 2. The summed E-state index contributed by atoms with van der Waals surface area (Å²) in [6.07, 6.45) is 30.5. The van der Waals surface area contributed by atoms with E-state index in [0.29, 0.717) is 12.8 Å². The molecule has 0 amide bonds. The second kappa shape index (κ2) is 29.7. The molecule has 2 N–H and O–H groups in total. The van der Waals surface area contributed by atoms with E-state index in [2.05, 4.69) is 13.8 Å². The Morgan fingerprint density at radius 3 is 1.00 bits per heavy atom. The molecule has 244 valence electrons. The summed E-state index contributed by atoms with van der Waals surface area (Å²) >= 11 is 0. The summed E-state index contributed by atoms with van der Waals surface area (Å²) in [5.41, 5.74) is -1.96. The van der Waals surface area contributed by atoms with Gasteiger partial charge in [0.2, 0.25) is 5.60 Å². The highest BCUT2D eigenvalue weighted by atomic mass is 31.0. The number of Topliss-reactive ketones (excluding diaryl/α,β-unsaturated/α-hetero) is 2. The fourth-order valence-corrected chi connectivity index (χ4v) is 6.26. The summed E-state index contributed by atoms with van der Waals surface area (Å²) in [4.78, 5) is 26.3. The number of aliphatic hydroxyl groups excluding tert-OH is 2. The monoisotopic (exact) mass is 600 g/mol. The molecule has 0 aliphatic carbocycles. The van der Waals surface area contributed by atoms with Gasteiger partial charge in [0.15, 0.2) is 11.6 Å². The SMILES string of the molecule is CCCCCCCCCCCCCCCC(=O)C(OP)(C(=O)CCCCCCCCCCCCCCC)C(O)CO. The zero-order valence-corrected chi connectivity index (χ0v) is 28.4. The lowest BCUT2D eigenvalue weighted by Crippen LogP contribution is -2.57. The third kappa shape index (κ3) is 20.3. The second-order valence-corrected chi connectivity index (χ2v) is 12.6. The van der Waals surface area contributed by atoms with Crippen molar-refractivity contribution in [2.75, 3.05) is 6.61 Å². The van der Waals surface area contributed by atoms with E-state index in [1.165, 1.54) is 128 Å². The third-order valence-electron chi connectivity index (χ3n) is 8.67. The highest BCUT2D eigenvalue weighted by Crippen LogP contribution is 2.28. The fraction of sp³-hybridized carbons (Fsp3) is 0.943. The number of rotatable bonds is 33. The zero-order chi connectivity index (χ0) is 30.4. The molecular weight excluding hydrogens is 531 g/mol. The molecule has 0 aliphatic heterocycles. The molecule has 6 heteroatoms. The van der Waals surface area contributed by atoms with E-state index in [1.807, 2.05) is 9.47 Å². The van der Waals surface area contributed by atoms with Gasteiger partial charge in [0.05, 0.1) is 6.61 Å². The largest absolute Gasteiger partial charge is 0.394 e. The molecule has 2 unspecified atom stereocenters. The fourth-order valence-electron chi connectivity index (χ4n) is 5.84. The lowest BCUT2D eigenvalue weighted by Gasteiger charge is -2.33. The number of hydrogen-bond acceptors (Lipinski definition) is 5. The van der Waals surface area contributed by atoms with Crippen LogP contribution in [0.1, 0.15) is 194 Å². The van der Waals surface area contributed by atoms with Crippen LogP contribution >= 0.6 is 9.47 Å². The minimum absolute atomic E-state index is 0.188. The maximum atomic E-state index is 13.1. The first-order valence-electron chi connectivity index (χ1n) is 17.7. The standard InChI is InChI=1S/C35H69O5P/c1-3-5-7-9-11-13-15-17-19-21-23-25-27-29-32(37)35(40-41,34(39)31-36)33(38)30-28-26-24-22-20-18-16-14-12-10-8-6-4-2/h34,36,39H,3-31,41H2,1-2H3. The summed E-state index contributed by atoms with van der Waals surface area (Å²) < 4.78 is 5.35. The minimum atomic E-state index is -1.96. The highest BCUT2D eigenvalue weighted by molar-refractivity contribution is 7.10. The molecule has 0 heterocycles. The minimum Gasteiger partial charge on any atom is -0.394 e. The summed E-state index contributed by atoms with van der Waals surface area (Å²) in [6.45, 7) is 3.83. The van der Waals surface area contributed by atoms with Crippen molar-refractivity contribution in [3.8, 4) is 0 Å². The van der Waals surface area contributed by atoms with E-state index in [-0.39, 0.29) is 12.8 Å². The molecule has 0 fully saturated rings. The molecule has 5 nitrogen and oxygen atoms in total. The lowest BCUT2D eigenvalue weighted by molar-refractivity contribution is -0.160. The van der Waals surface area contributed by atoms with Crippen molar-refractivity contribution in [1.29, 1.82) is 0 Å². The molecule has 0 aromatic rings. The Bertz CT molecular complexity index is 555. The molecule has 0 rings (SSSR count). The van der Waals surface area contributed by atoms with Crippen LogP contribution in [0.2, 0.25) is 0 Å². The van der Waals surface area contributed by atoms with Crippen molar-refractivity contribution in [2.45, 2.75) is 205 Å². The zero-order valence-electron chi connectivity index (χ0n) is 27.3. The highest BCUT2D eigenvalue weighted by Gasteiger charge is 2.50. The van der Waals surface area contributed by atoms with Gasteiger partial charge in [0.1, 0.15) is 6.10 Å². The van der Waals surface area contributed by atoms with Crippen molar-refractivity contribution in [3.05, 3.63) is 0 Å². The van der Waals surface area contributed by atoms with Crippen molar-refractivity contribution in [3.63, 3.8) is 0 Å². The Balaban J connectivity index is 4.14. The summed E-state index contributed by atoms with van der Waals surface area (Å²) in [5.74, 6) is -0.811. The van der Waals surface area contributed by atoms with Crippen LogP contribution in [0.4, 0.5) is 0 Å². The molecule has 0 saturated carbocycles. The average Bonchev–Trinajstić information content (AvgIpc) is 2.98. The summed E-state index contributed by atoms with van der Waals surface area (Å²) in [5, 5.41) is 20.1. The van der Waals surface area contributed by atoms with Crippen molar-refractivity contribution < 1.29 is 24.3 Å². The van der Waals surface area contributed by atoms with Gasteiger partial charge in [-0.2, -0.15) is 0 Å². The van der Waals surface area contributed by atoms with E-state index in [9.17, 15) is 19.8 Å². The number of ketones is 2. The van der Waals surface area contributed by atoms with Gasteiger partial charge in [0.25, 0.3) is 0 Å². The van der Waals surface area contributed by atoms with E-state index >= 15 is 0 Å². The summed E-state index contributed by atoms with van der Waals surface area (Å²) in [7, 11) is 2.00. The average molecular weight is 601 g/mol. The van der Waals surface area contributed by atoms with Gasteiger partial charge in [-0.3, -0.25) is 9.59 Å². The molecule has 0 spiro atoms. The first-order valence-corrected chi connectivity index (χ1v) is 18.2. The Kier molecular flexibility index (Phi) is 29.5. The first-order chi connectivity index (χ1) is 20.0. The van der Waals surface area contributed by atoms with Crippen LogP contribution in [-0.4, -0.2) is 40.1 Å². The Morgan fingerprint density at radius 2 is 0.780 bits per heavy atom. The normalized spacial score (nSPS) is 12.6. The van der Waals surface area contributed by atoms with E-state index < -0.39 is 29.9 Å². The molecule has 0 aromatic carbocycles. The predicted octanol–water partition coefficient (Wildman–Crippen LogP) is 9.99. The van der Waals surface area contributed by atoms with E-state index in [4.69, 9.17) is 4.52 Å². The van der Waals surface area contributed by atoms with Gasteiger partial charge in [-0.1, -0.05) is 168 Å². The van der Waals surface area contributed by atoms with Crippen LogP contribution in [-0.2, 0) is 14.1 Å². The molecule has 0 radical (unpaired) electrons. The van der Waals surface area contributed by atoms with Crippen molar-refractivity contribution in [2.24, 2.45) is 0 Å². The van der Waals surface area contributed by atoms with Gasteiger partial charge in [-0.05, 0) is 12.8 Å². The first kappa shape index (κ1) is 40.6. The Morgan fingerprint density at radius 1 is 0.537 bits per heavy atom. The lowest BCUT2D eigenvalue weighted by atomic mass is 9.82. The molecule has 0 bridgehead atoms. The molecule has 2 atom stereocenters. The number of aliphatic hydroxyl groups is 2. The number of carbonyl (C=O) groups is 2. The van der Waals surface area contributed by atoms with Crippen LogP contribution < -0.4 is 0 Å². The van der Waals surface area contributed by atoms with Crippen molar-refractivity contribution in [1.82, 2.24) is 0 Å². The Hall–Kier alpha value is -0.350. The van der Waals surface area contributed by atoms with Crippen LogP contribution in [0.15, 0.2) is 0 Å². The smallest absolute Gasteiger partial charge is 0.215 e. The molecule has 0 aliphatic rings. The Labute approximate surface area is 257 Å². The maximum Gasteiger partial charge on any atom is 0.215 e. The van der Waals surface area contributed by atoms with Crippen LogP contribution in [0.3, 0.4) is 0 Å². The van der Waals surface area contributed by atoms with Crippen LogP contribution in [0.25, 0.3) is 0 Å². The molecule has 41 heavy (non-hydrogen) atoms. The van der Waals surface area contributed by atoms with Gasteiger partial charge in [0, 0.05) is 22.3 Å². The van der Waals surface area contributed by atoms with Crippen LogP contribution in [0, 0.1) is 0 Å². The molecule has 0 saturated heterocycles. The third-order valence-corrected chi connectivity index (χ3v) is 9.04. The number of hydrogen-bond donors (Lipinski definition) is 2. The topological polar surface area (TPSA) is 83.8 Å². The van der Waals surface area contributed by atoms with Crippen LogP contribution in [0.5, 0.6) is 0 Å². The second-order valence-electron chi connectivity index (χ2n) is 12.4. The maximum absolute atomic E-state index is 13.1. The molecular formula is C35H69O5P. The van der Waals surface area contributed by atoms with E-state index in [0.717, 1.165) is 25.7 Å². The van der Waals surface area contributed by atoms with Crippen molar-refractivity contribution >= 4 is 21.0 Å². The number of unbranched alkanes of at least 4 members (excludes halogenated alkanes) is 24. The quantitative estimate of drug-likeness (QED) is 0.0445. The summed E-state index contributed by atoms with van der Waals surface area (Å²) in [6, 6.07) is 0. The van der Waals surface area contributed by atoms with Gasteiger partial charge in [-0.25, -0.2) is 0 Å². The molecule has 0 aromatic heterocycles. The van der Waals surface area contributed by atoms with Gasteiger partial charge >= 0.3 is 0 Å². The van der Waals surface area contributed by atoms with E-state index in [1.54, 1.807) is 0 Å². The van der Waals surface area contributed by atoms with Gasteiger partial charge in [-0.15, -0.1) is 0 Å². The predicted molar refractivity (Wildman–Crippen MR) is 177 cm³/mol.